The molecule has 8 rings (SSSR count). The summed E-state index contributed by atoms with van der Waals surface area (Å²) in [6.07, 6.45) is 7.66. The van der Waals surface area contributed by atoms with Crippen LogP contribution in [-0.2, 0) is 6.42 Å². The second kappa shape index (κ2) is 12.5. The predicted octanol–water partition coefficient (Wildman–Crippen LogP) is 12.2. The van der Waals surface area contributed by atoms with Gasteiger partial charge in [-0.1, -0.05) is 109 Å². The minimum atomic E-state index is 0.565. The lowest BCUT2D eigenvalue weighted by atomic mass is 9.87. The molecule has 0 amide bonds. The molecule has 232 valence electrons. The van der Waals surface area contributed by atoms with E-state index in [-0.39, 0.29) is 0 Å². The molecule has 0 spiro atoms. The third kappa shape index (κ3) is 5.50. The lowest BCUT2D eigenvalue weighted by molar-refractivity contribution is 1.03. The average molecular weight is 619 g/mol. The van der Waals surface area contributed by atoms with Crippen molar-refractivity contribution >= 4 is 33.1 Å². The summed E-state index contributed by atoms with van der Waals surface area (Å²) in [4.78, 5) is 0. The Kier molecular flexibility index (Phi) is 7.70. The Hall–Kier alpha value is -5.73. The molecule has 0 saturated carbocycles. The number of allylic oxidation sites excluding steroid dienone is 4. The SMILES string of the molecule is CC(=N)c1cc(-c2ccc(Cc3ccccc3C3=C(C)C=CCC3)cc2)cc(-c2ccc(-n3c4ccccc4c4ccccc43)cc2)c1. The summed E-state index contributed by atoms with van der Waals surface area (Å²) in [6.45, 7) is 4.10. The average Bonchev–Trinajstić information content (AvgIpc) is 3.47. The molecule has 7 aromatic rings. The zero-order valence-electron chi connectivity index (χ0n) is 27.5. The summed E-state index contributed by atoms with van der Waals surface area (Å²) in [5.41, 5.74) is 16.5. The van der Waals surface area contributed by atoms with E-state index >= 15 is 0 Å². The number of nitrogens with zero attached hydrogens (tertiary/aromatic N) is 1. The van der Waals surface area contributed by atoms with Crippen LogP contribution >= 0.6 is 0 Å². The van der Waals surface area contributed by atoms with Gasteiger partial charge in [-0.25, -0.2) is 0 Å². The number of nitrogens with one attached hydrogen (secondary N) is 1. The summed E-state index contributed by atoms with van der Waals surface area (Å²) < 4.78 is 2.35. The molecule has 1 aliphatic rings. The van der Waals surface area contributed by atoms with Crippen LogP contribution in [0.15, 0.2) is 157 Å². The van der Waals surface area contributed by atoms with Gasteiger partial charge in [0.15, 0.2) is 0 Å². The molecule has 2 nitrogen and oxygen atoms in total. The van der Waals surface area contributed by atoms with Crippen molar-refractivity contribution in [1.29, 1.82) is 5.41 Å². The van der Waals surface area contributed by atoms with Crippen molar-refractivity contribution in [1.82, 2.24) is 4.57 Å². The molecular formula is C46H38N2. The lowest BCUT2D eigenvalue weighted by Crippen LogP contribution is -1.99. The van der Waals surface area contributed by atoms with Gasteiger partial charge in [0.2, 0.25) is 0 Å². The first-order chi connectivity index (χ1) is 23.5. The molecule has 0 unspecified atom stereocenters. The van der Waals surface area contributed by atoms with Gasteiger partial charge in [-0.05, 0) is 131 Å². The quantitative estimate of drug-likeness (QED) is 0.172. The van der Waals surface area contributed by atoms with Crippen molar-refractivity contribution in [2.24, 2.45) is 0 Å². The molecule has 0 atom stereocenters. The second-order valence-corrected chi connectivity index (χ2v) is 13.0. The molecule has 1 heterocycles. The van der Waals surface area contributed by atoms with E-state index in [9.17, 15) is 0 Å². The molecule has 1 aromatic heterocycles. The van der Waals surface area contributed by atoms with Crippen molar-refractivity contribution in [3.63, 3.8) is 0 Å². The number of fused-ring (bicyclic) bond motifs is 3. The minimum Gasteiger partial charge on any atom is -0.309 e. The molecule has 0 bridgehead atoms. The highest BCUT2D eigenvalue weighted by molar-refractivity contribution is 6.09. The van der Waals surface area contributed by atoms with E-state index in [1.165, 1.54) is 49.6 Å². The minimum absolute atomic E-state index is 0.565. The van der Waals surface area contributed by atoms with Crippen molar-refractivity contribution in [3.05, 3.63) is 180 Å². The molecule has 6 aromatic carbocycles. The molecule has 1 N–H and O–H groups in total. The molecule has 2 heteroatoms. The van der Waals surface area contributed by atoms with Crippen molar-refractivity contribution in [2.75, 3.05) is 0 Å². The topological polar surface area (TPSA) is 28.8 Å². The summed E-state index contributed by atoms with van der Waals surface area (Å²) in [5, 5.41) is 11.0. The Morgan fingerprint density at radius 2 is 1.23 bits per heavy atom. The Bertz CT molecular complexity index is 2330. The maximum Gasteiger partial charge on any atom is 0.0541 e. The molecule has 0 radical (unpaired) electrons. The Morgan fingerprint density at radius 1 is 0.646 bits per heavy atom. The first kappa shape index (κ1) is 29.7. The van der Waals surface area contributed by atoms with Gasteiger partial charge in [0.1, 0.15) is 0 Å². The first-order valence-corrected chi connectivity index (χ1v) is 16.9. The van der Waals surface area contributed by atoms with Gasteiger partial charge in [-0.2, -0.15) is 0 Å². The summed E-state index contributed by atoms with van der Waals surface area (Å²) in [7, 11) is 0. The van der Waals surface area contributed by atoms with Gasteiger partial charge < -0.3 is 9.98 Å². The third-order valence-electron chi connectivity index (χ3n) is 9.83. The van der Waals surface area contributed by atoms with Gasteiger partial charge in [-0.15, -0.1) is 0 Å². The standard InChI is InChI=1S/C46H38N2/c1-31-11-3-5-13-41(31)42-14-6-4-12-36(42)27-33-19-21-34(22-20-33)38-28-37(32(2)47)29-39(30-38)35-23-25-40(26-24-35)48-45-17-9-7-15-43(45)44-16-8-10-18-46(44)48/h3-4,6-12,14-26,28-30,47H,5,13,27H2,1-2H3. The van der Waals surface area contributed by atoms with Gasteiger partial charge in [0.05, 0.1) is 11.0 Å². The number of benzene rings is 6. The van der Waals surface area contributed by atoms with Crippen LogP contribution in [0.25, 0.3) is 55.3 Å². The van der Waals surface area contributed by atoms with E-state index in [1.807, 2.05) is 6.92 Å². The fourth-order valence-corrected chi connectivity index (χ4v) is 7.32. The van der Waals surface area contributed by atoms with E-state index in [0.717, 1.165) is 52.8 Å². The first-order valence-electron chi connectivity index (χ1n) is 16.9. The van der Waals surface area contributed by atoms with Crippen LogP contribution in [0.5, 0.6) is 0 Å². The number of hydrogen-bond acceptors (Lipinski definition) is 1. The van der Waals surface area contributed by atoms with Crippen molar-refractivity contribution in [2.45, 2.75) is 33.1 Å². The zero-order valence-corrected chi connectivity index (χ0v) is 27.5. The molecule has 1 aliphatic carbocycles. The summed E-state index contributed by atoms with van der Waals surface area (Å²) >= 11 is 0. The molecule has 0 aliphatic heterocycles. The Labute approximate surface area is 282 Å². The lowest BCUT2D eigenvalue weighted by Gasteiger charge is -2.17. The van der Waals surface area contributed by atoms with Crippen LogP contribution in [0, 0.1) is 5.41 Å². The molecule has 0 fully saturated rings. The van der Waals surface area contributed by atoms with Crippen molar-refractivity contribution < 1.29 is 0 Å². The van der Waals surface area contributed by atoms with Crippen LogP contribution in [0.3, 0.4) is 0 Å². The molecule has 0 saturated heterocycles. The van der Waals surface area contributed by atoms with E-state index in [1.54, 1.807) is 0 Å². The van der Waals surface area contributed by atoms with Crippen molar-refractivity contribution in [3.8, 4) is 27.9 Å². The summed E-state index contributed by atoms with van der Waals surface area (Å²) in [5.74, 6) is 0. The largest absolute Gasteiger partial charge is 0.309 e. The van der Waals surface area contributed by atoms with Crippen LogP contribution in [-0.4, -0.2) is 10.3 Å². The van der Waals surface area contributed by atoms with E-state index in [0.29, 0.717) is 5.71 Å². The number of rotatable bonds is 7. The van der Waals surface area contributed by atoms with Gasteiger partial charge in [0.25, 0.3) is 0 Å². The van der Waals surface area contributed by atoms with Crippen LogP contribution in [0.2, 0.25) is 0 Å². The highest BCUT2D eigenvalue weighted by Crippen LogP contribution is 2.35. The van der Waals surface area contributed by atoms with E-state index < -0.39 is 0 Å². The Balaban J connectivity index is 1.11. The highest BCUT2D eigenvalue weighted by Gasteiger charge is 2.14. The smallest absolute Gasteiger partial charge is 0.0541 e. The predicted molar refractivity (Wildman–Crippen MR) is 204 cm³/mol. The fraction of sp³-hybridized carbons (Fsp3) is 0.109. The number of para-hydroxylation sites is 2. The van der Waals surface area contributed by atoms with Crippen LogP contribution in [0.4, 0.5) is 0 Å². The molecular weight excluding hydrogens is 581 g/mol. The van der Waals surface area contributed by atoms with E-state index in [4.69, 9.17) is 5.41 Å². The monoisotopic (exact) mass is 618 g/mol. The second-order valence-electron chi connectivity index (χ2n) is 13.0. The van der Waals surface area contributed by atoms with Gasteiger partial charge in [0, 0.05) is 22.2 Å². The van der Waals surface area contributed by atoms with Gasteiger partial charge in [-0.3, -0.25) is 0 Å². The van der Waals surface area contributed by atoms with Crippen LogP contribution < -0.4 is 0 Å². The highest BCUT2D eigenvalue weighted by atomic mass is 15.0. The van der Waals surface area contributed by atoms with Gasteiger partial charge >= 0.3 is 0 Å². The third-order valence-corrected chi connectivity index (χ3v) is 9.83. The summed E-state index contributed by atoms with van der Waals surface area (Å²) in [6, 6.07) is 50.5. The normalized spacial score (nSPS) is 13.0. The molecule has 48 heavy (non-hydrogen) atoms. The number of hydrogen-bond donors (Lipinski definition) is 1. The maximum atomic E-state index is 8.50. The fourth-order valence-electron chi connectivity index (χ4n) is 7.32. The zero-order chi connectivity index (χ0) is 32.6. The maximum absolute atomic E-state index is 8.50. The Morgan fingerprint density at radius 3 is 1.85 bits per heavy atom. The van der Waals surface area contributed by atoms with Crippen LogP contribution in [0.1, 0.15) is 48.9 Å². The number of aromatic nitrogens is 1. The van der Waals surface area contributed by atoms with E-state index in [2.05, 4.69) is 163 Å².